The minimum absolute atomic E-state index is 0.0147. The van der Waals surface area contributed by atoms with Crippen molar-refractivity contribution in [1.82, 2.24) is 10.2 Å². The van der Waals surface area contributed by atoms with Gasteiger partial charge in [-0.3, -0.25) is 10.1 Å². The van der Waals surface area contributed by atoms with Crippen molar-refractivity contribution < 1.29 is 9.53 Å². The molecule has 0 radical (unpaired) electrons. The minimum Gasteiger partial charge on any atom is -0.497 e. The summed E-state index contributed by atoms with van der Waals surface area (Å²) in [7, 11) is 1.67. The van der Waals surface area contributed by atoms with E-state index in [1.165, 1.54) is 0 Å². The summed E-state index contributed by atoms with van der Waals surface area (Å²) in [6.45, 7) is 4.34. The Morgan fingerprint density at radius 2 is 2.19 bits per heavy atom. The summed E-state index contributed by atoms with van der Waals surface area (Å²) in [4.78, 5) is 14.8. The molecule has 1 saturated heterocycles. The number of carbonyl (C=O) groups excluding carboxylic acids is 1. The molecule has 0 bridgehead atoms. The van der Waals surface area contributed by atoms with E-state index in [-0.39, 0.29) is 18.1 Å². The number of hydrogen-bond donors (Lipinski definition) is 1. The Bertz CT molecular complexity index is 531. The number of amides is 1. The number of nitrogens with one attached hydrogen (secondary N) is 1. The van der Waals surface area contributed by atoms with Crippen molar-refractivity contribution in [3.05, 3.63) is 29.8 Å². The first-order chi connectivity index (χ1) is 10.2. The third-order valence-corrected chi connectivity index (χ3v) is 4.60. The van der Waals surface area contributed by atoms with Crippen molar-refractivity contribution in [3.8, 4) is 5.75 Å². The fraction of sp³-hybridized carbons (Fsp3) is 0.588. The van der Waals surface area contributed by atoms with Crippen LogP contribution in [-0.2, 0) is 4.79 Å². The molecule has 1 N–H and O–H groups in total. The third kappa shape index (κ3) is 2.64. The highest BCUT2D eigenvalue weighted by atomic mass is 16.5. The SMILES string of the molecule is CCCC1NC(c2cccc(OC)c2)N(C2CC2C)C1=O. The van der Waals surface area contributed by atoms with E-state index >= 15 is 0 Å². The zero-order valence-corrected chi connectivity index (χ0v) is 13.0. The average Bonchev–Trinajstić information content (AvgIpc) is 3.12. The molecule has 1 aliphatic carbocycles. The average molecular weight is 288 g/mol. The smallest absolute Gasteiger partial charge is 0.241 e. The predicted octanol–water partition coefficient (Wildman–Crippen LogP) is 2.70. The molecule has 0 aromatic heterocycles. The normalized spacial score (nSPS) is 31.6. The number of nitrogens with zero attached hydrogens (tertiary/aromatic N) is 1. The molecule has 1 aromatic carbocycles. The zero-order valence-electron chi connectivity index (χ0n) is 13.0. The molecular formula is C17H24N2O2. The second-order valence-electron chi connectivity index (χ2n) is 6.21. The molecule has 1 heterocycles. The van der Waals surface area contributed by atoms with Crippen LogP contribution in [0.2, 0.25) is 0 Å². The highest BCUT2D eigenvalue weighted by molar-refractivity contribution is 5.85. The number of rotatable bonds is 5. The molecule has 0 spiro atoms. The van der Waals surface area contributed by atoms with Crippen molar-refractivity contribution in [1.29, 1.82) is 0 Å². The number of hydrogen-bond acceptors (Lipinski definition) is 3. The van der Waals surface area contributed by atoms with Crippen LogP contribution in [-0.4, -0.2) is 30.0 Å². The summed E-state index contributed by atoms with van der Waals surface area (Å²) in [6.07, 6.45) is 3.02. The van der Waals surface area contributed by atoms with E-state index in [0.29, 0.717) is 12.0 Å². The molecule has 1 aliphatic heterocycles. The second kappa shape index (κ2) is 5.68. The number of ether oxygens (including phenoxy) is 1. The van der Waals surface area contributed by atoms with E-state index in [1.54, 1.807) is 7.11 Å². The molecule has 4 atom stereocenters. The molecule has 2 aliphatic rings. The molecule has 2 fully saturated rings. The second-order valence-corrected chi connectivity index (χ2v) is 6.21. The molecule has 4 nitrogen and oxygen atoms in total. The first-order valence-corrected chi connectivity index (χ1v) is 7.88. The molecule has 4 heteroatoms. The quantitative estimate of drug-likeness (QED) is 0.906. The summed E-state index contributed by atoms with van der Waals surface area (Å²) in [5.41, 5.74) is 1.11. The lowest BCUT2D eigenvalue weighted by molar-refractivity contribution is -0.131. The van der Waals surface area contributed by atoms with Gasteiger partial charge in [0.05, 0.1) is 13.2 Å². The highest BCUT2D eigenvalue weighted by Crippen LogP contribution is 2.42. The van der Waals surface area contributed by atoms with Gasteiger partial charge in [0.2, 0.25) is 5.91 Å². The van der Waals surface area contributed by atoms with Gasteiger partial charge in [-0.15, -0.1) is 0 Å². The minimum atomic E-state index is -0.0426. The van der Waals surface area contributed by atoms with Gasteiger partial charge >= 0.3 is 0 Å². The largest absolute Gasteiger partial charge is 0.497 e. The van der Waals surface area contributed by atoms with Gasteiger partial charge in [0, 0.05) is 6.04 Å². The fourth-order valence-corrected chi connectivity index (χ4v) is 3.26. The van der Waals surface area contributed by atoms with Crippen LogP contribution >= 0.6 is 0 Å². The van der Waals surface area contributed by atoms with E-state index in [9.17, 15) is 4.79 Å². The third-order valence-electron chi connectivity index (χ3n) is 4.60. The summed E-state index contributed by atoms with van der Waals surface area (Å²) >= 11 is 0. The number of carbonyl (C=O) groups is 1. The van der Waals surface area contributed by atoms with Crippen LogP contribution in [0, 0.1) is 5.92 Å². The van der Waals surface area contributed by atoms with Crippen LogP contribution in [0.4, 0.5) is 0 Å². The standard InChI is InChI=1S/C17H24N2O2/c1-4-6-14-17(20)19(15-9-11(15)2)16(18-14)12-7-5-8-13(10-12)21-3/h5,7-8,10-11,14-16,18H,4,6,9H2,1-3H3. The zero-order chi connectivity index (χ0) is 15.0. The molecule has 4 unspecified atom stereocenters. The van der Waals surface area contributed by atoms with E-state index in [0.717, 1.165) is 30.6 Å². The van der Waals surface area contributed by atoms with Gasteiger partial charge in [0.15, 0.2) is 0 Å². The molecule has 3 rings (SSSR count). The highest BCUT2D eigenvalue weighted by Gasteiger charge is 2.49. The maximum absolute atomic E-state index is 12.7. The topological polar surface area (TPSA) is 41.6 Å². The lowest BCUT2D eigenvalue weighted by atomic mass is 10.1. The van der Waals surface area contributed by atoms with Gasteiger partial charge in [0.1, 0.15) is 11.9 Å². The Labute approximate surface area is 126 Å². The van der Waals surface area contributed by atoms with Gasteiger partial charge in [-0.05, 0) is 36.5 Å². The van der Waals surface area contributed by atoms with Gasteiger partial charge in [-0.1, -0.05) is 32.4 Å². The maximum atomic E-state index is 12.7. The van der Waals surface area contributed by atoms with E-state index in [4.69, 9.17) is 4.74 Å². The van der Waals surface area contributed by atoms with E-state index in [1.807, 2.05) is 18.2 Å². The summed E-state index contributed by atoms with van der Waals surface area (Å²) in [5.74, 6) is 1.72. The predicted molar refractivity (Wildman–Crippen MR) is 82.0 cm³/mol. The summed E-state index contributed by atoms with van der Waals surface area (Å²) < 4.78 is 5.32. The monoisotopic (exact) mass is 288 g/mol. The first kappa shape index (κ1) is 14.4. The first-order valence-electron chi connectivity index (χ1n) is 7.88. The summed E-state index contributed by atoms with van der Waals surface area (Å²) in [5, 5.41) is 3.52. The van der Waals surface area contributed by atoms with Crippen molar-refractivity contribution in [2.24, 2.45) is 5.92 Å². The van der Waals surface area contributed by atoms with E-state index in [2.05, 4.69) is 30.1 Å². The van der Waals surface area contributed by atoms with Crippen LogP contribution in [0.3, 0.4) is 0 Å². The van der Waals surface area contributed by atoms with Gasteiger partial charge < -0.3 is 9.64 Å². The Morgan fingerprint density at radius 1 is 1.43 bits per heavy atom. The van der Waals surface area contributed by atoms with Gasteiger partial charge in [0.25, 0.3) is 0 Å². The van der Waals surface area contributed by atoms with Crippen LogP contribution < -0.4 is 10.1 Å². The molecule has 1 amide bonds. The lowest BCUT2D eigenvalue weighted by Crippen LogP contribution is -2.33. The Balaban J connectivity index is 1.88. The molecule has 1 aromatic rings. The molecular weight excluding hydrogens is 264 g/mol. The summed E-state index contributed by atoms with van der Waals surface area (Å²) in [6, 6.07) is 8.37. The van der Waals surface area contributed by atoms with Crippen LogP contribution in [0.5, 0.6) is 5.75 Å². The van der Waals surface area contributed by atoms with Crippen LogP contribution in [0.1, 0.15) is 44.8 Å². The Hall–Kier alpha value is -1.55. The van der Waals surface area contributed by atoms with Crippen molar-refractivity contribution in [3.63, 3.8) is 0 Å². The Morgan fingerprint density at radius 3 is 2.81 bits per heavy atom. The van der Waals surface area contributed by atoms with Crippen molar-refractivity contribution in [2.45, 2.75) is 51.4 Å². The molecule has 1 saturated carbocycles. The fourth-order valence-electron chi connectivity index (χ4n) is 3.26. The van der Waals surface area contributed by atoms with Crippen LogP contribution in [0.25, 0.3) is 0 Å². The van der Waals surface area contributed by atoms with Gasteiger partial charge in [-0.2, -0.15) is 0 Å². The number of methoxy groups -OCH3 is 1. The molecule has 114 valence electrons. The number of benzene rings is 1. The van der Waals surface area contributed by atoms with Crippen LogP contribution in [0.15, 0.2) is 24.3 Å². The van der Waals surface area contributed by atoms with Crippen molar-refractivity contribution >= 4 is 5.91 Å². The Kier molecular flexibility index (Phi) is 3.89. The molecule has 21 heavy (non-hydrogen) atoms. The maximum Gasteiger partial charge on any atom is 0.241 e. The van der Waals surface area contributed by atoms with E-state index < -0.39 is 0 Å². The lowest BCUT2D eigenvalue weighted by Gasteiger charge is -2.25. The van der Waals surface area contributed by atoms with Gasteiger partial charge in [-0.25, -0.2) is 0 Å². The van der Waals surface area contributed by atoms with Crippen molar-refractivity contribution in [2.75, 3.05) is 7.11 Å².